The molecule has 3 N–H and O–H groups in total. The minimum atomic E-state index is -0.603. The van der Waals surface area contributed by atoms with Crippen LogP contribution in [0.25, 0.3) is 28.0 Å². The van der Waals surface area contributed by atoms with E-state index in [1.54, 1.807) is 30.6 Å². The van der Waals surface area contributed by atoms with Gasteiger partial charge in [-0.25, -0.2) is 14.2 Å². The molecule has 1 aliphatic rings. The van der Waals surface area contributed by atoms with Crippen LogP contribution in [-0.2, 0) is 4.79 Å². The van der Waals surface area contributed by atoms with Crippen molar-refractivity contribution in [3.8, 4) is 16.9 Å². The molecular formula is C23H22ClFN6O2. The molecule has 5 rings (SSSR count). The quantitative estimate of drug-likeness (QED) is 0.413. The highest BCUT2D eigenvalue weighted by Crippen LogP contribution is 2.31. The second-order valence-corrected chi connectivity index (χ2v) is 8.42. The number of H-pyrrole nitrogens is 2. The lowest BCUT2D eigenvalue weighted by atomic mass is 10.1. The van der Waals surface area contributed by atoms with E-state index in [4.69, 9.17) is 11.6 Å². The SMILES string of the molecule is O=C(CNc1[nH]c(=O)n(-c2ccc3nc[nH]c3c2)c1-c1ccc(Cl)c(F)c1)N1CCCCC1. The van der Waals surface area contributed by atoms with E-state index in [9.17, 15) is 14.0 Å². The monoisotopic (exact) mass is 468 g/mol. The standard InChI is InChI=1S/C23H22ClFN6O2/c24-16-6-4-14(10-17(16)25)21-22(26-12-20(32)30-8-2-1-3-9-30)29-23(33)31(21)15-5-7-18-19(11-15)28-13-27-18/h4-7,10-11,13,26H,1-3,8-9,12H2,(H,27,28)(H,29,33). The molecule has 170 valence electrons. The normalized spacial score (nSPS) is 14.1. The molecule has 0 bridgehead atoms. The van der Waals surface area contributed by atoms with Crippen molar-refractivity contribution in [2.45, 2.75) is 19.3 Å². The van der Waals surface area contributed by atoms with Gasteiger partial charge in [-0.15, -0.1) is 0 Å². The number of carbonyl (C=O) groups excluding carboxylic acids is 1. The van der Waals surface area contributed by atoms with Crippen LogP contribution in [0.2, 0.25) is 5.02 Å². The highest BCUT2D eigenvalue weighted by atomic mass is 35.5. The van der Waals surface area contributed by atoms with Crippen LogP contribution in [0.5, 0.6) is 0 Å². The first-order chi connectivity index (χ1) is 16.0. The lowest BCUT2D eigenvalue weighted by Crippen LogP contribution is -2.39. The van der Waals surface area contributed by atoms with Gasteiger partial charge in [-0.1, -0.05) is 17.7 Å². The van der Waals surface area contributed by atoms with Crippen LogP contribution in [-0.4, -0.2) is 50.0 Å². The number of aromatic nitrogens is 4. The number of piperidine rings is 1. The van der Waals surface area contributed by atoms with Crippen molar-refractivity contribution in [2.24, 2.45) is 0 Å². The van der Waals surface area contributed by atoms with Crippen LogP contribution in [0.3, 0.4) is 0 Å². The second kappa shape index (κ2) is 8.74. The number of nitrogens with zero attached hydrogens (tertiary/aromatic N) is 3. The number of rotatable bonds is 5. The fourth-order valence-corrected chi connectivity index (χ4v) is 4.33. The molecule has 0 aliphatic carbocycles. The minimum absolute atomic E-state index is 0.0165. The summed E-state index contributed by atoms with van der Waals surface area (Å²) in [5, 5.41) is 3.05. The first kappa shape index (κ1) is 21.3. The molecule has 0 atom stereocenters. The molecule has 8 nitrogen and oxygen atoms in total. The molecule has 0 saturated carbocycles. The van der Waals surface area contributed by atoms with Gasteiger partial charge in [0.2, 0.25) is 5.91 Å². The van der Waals surface area contributed by atoms with E-state index in [1.165, 1.54) is 16.7 Å². The van der Waals surface area contributed by atoms with E-state index < -0.39 is 11.5 Å². The Morgan fingerprint density at radius 3 is 2.76 bits per heavy atom. The zero-order valence-electron chi connectivity index (χ0n) is 17.7. The molecule has 1 aliphatic heterocycles. The molecule has 1 saturated heterocycles. The number of benzene rings is 2. The highest BCUT2D eigenvalue weighted by Gasteiger charge is 2.21. The lowest BCUT2D eigenvalue weighted by Gasteiger charge is -2.26. The topological polar surface area (TPSA) is 98.8 Å². The maximum atomic E-state index is 14.3. The van der Waals surface area contributed by atoms with E-state index >= 15 is 0 Å². The number of aromatic amines is 2. The van der Waals surface area contributed by atoms with Crippen molar-refractivity contribution in [3.63, 3.8) is 0 Å². The molecule has 0 spiro atoms. The first-order valence-electron chi connectivity index (χ1n) is 10.8. The average Bonchev–Trinajstić information content (AvgIpc) is 3.43. The maximum absolute atomic E-state index is 14.3. The second-order valence-electron chi connectivity index (χ2n) is 8.02. The van der Waals surface area contributed by atoms with E-state index in [-0.39, 0.29) is 17.5 Å². The highest BCUT2D eigenvalue weighted by molar-refractivity contribution is 6.30. The van der Waals surface area contributed by atoms with Gasteiger partial charge in [-0.3, -0.25) is 14.3 Å². The van der Waals surface area contributed by atoms with Crippen LogP contribution in [0.1, 0.15) is 19.3 Å². The van der Waals surface area contributed by atoms with E-state index in [0.29, 0.717) is 22.8 Å². The summed E-state index contributed by atoms with van der Waals surface area (Å²) in [6.07, 6.45) is 4.68. The minimum Gasteiger partial charge on any atom is -0.361 e. The molecule has 10 heteroatoms. The molecule has 2 aromatic carbocycles. The van der Waals surface area contributed by atoms with Crippen molar-refractivity contribution in [3.05, 3.63) is 64.0 Å². The number of amides is 1. The van der Waals surface area contributed by atoms with Crippen molar-refractivity contribution in [1.29, 1.82) is 0 Å². The van der Waals surface area contributed by atoms with Crippen LogP contribution < -0.4 is 11.0 Å². The molecule has 2 aromatic heterocycles. The van der Waals surface area contributed by atoms with Crippen molar-refractivity contribution >= 4 is 34.4 Å². The van der Waals surface area contributed by atoms with Gasteiger partial charge in [0.25, 0.3) is 0 Å². The van der Waals surface area contributed by atoms with Gasteiger partial charge < -0.3 is 15.2 Å². The zero-order valence-corrected chi connectivity index (χ0v) is 18.5. The number of halogens is 2. The third-order valence-corrected chi connectivity index (χ3v) is 6.18. The number of hydrogen-bond acceptors (Lipinski definition) is 4. The summed E-state index contributed by atoms with van der Waals surface area (Å²) >= 11 is 5.88. The summed E-state index contributed by atoms with van der Waals surface area (Å²) in [5.74, 6) is -0.319. The van der Waals surface area contributed by atoms with Gasteiger partial charge in [0.1, 0.15) is 11.6 Å². The molecular weight excluding hydrogens is 447 g/mol. The van der Waals surface area contributed by atoms with Crippen LogP contribution in [0.4, 0.5) is 10.2 Å². The van der Waals surface area contributed by atoms with E-state index in [2.05, 4.69) is 20.3 Å². The van der Waals surface area contributed by atoms with Crippen molar-refractivity contribution in [1.82, 2.24) is 24.4 Å². The predicted molar refractivity (Wildman–Crippen MR) is 125 cm³/mol. The molecule has 1 amide bonds. The Balaban J connectivity index is 1.56. The van der Waals surface area contributed by atoms with E-state index in [0.717, 1.165) is 43.4 Å². The molecule has 1 fully saturated rings. The Bertz CT molecular complexity index is 1390. The van der Waals surface area contributed by atoms with Crippen molar-refractivity contribution < 1.29 is 9.18 Å². The largest absolute Gasteiger partial charge is 0.361 e. The van der Waals surface area contributed by atoms with Crippen LogP contribution in [0, 0.1) is 5.82 Å². The molecule has 4 aromatic rings. The molecule has 0 radical (unpaired) electrons. The van der Waals surface area contributed by atoms with Gasteiger partial charge in [-0.05, 0) is 49.6 Å². The van der Waals surface area contributed by atoms with E-state index in [1.807, 2.05) is 4.90 Å². The molecule has 33 heavy (non-hydrogen) atoms. The number of imidazole rings is 2. The Kier molecular flexibility index (Phi) is 5.63. The summed E-state index contributed by atoms with van der Waals surface area (Å²) < 4.78 is 15.8. The number of carbonyl (C=O) groups is 1. The first-order valence-corrected chi connectivity index (χ1v) is 11.1. The zero-order chi connectivity index (χ0) is 22.9. The van der Waals surface area contributed by atoms with Gasteiger partial charge in [0, 0.05) is 18.7 Å². The Morgan fingerprint density at radius 1 is 1.15 bits per heavy atom. The average molecular weight is 469 g/mol. The van der Waals surface area contributed by atoms with Gasteiger partial charge in [0.15, 0.2) is 0 Å². The summed E-state index contributed by atoms with van der Waals surface area (Å²) in [7, 11) is 0. The smallest absolute Gasteiger partial charge is 0.332 e. The predicted octanol–water partition coefficient (Wildman–Crippen LogP) is 3.93. The number of likely N-dealkylation sites (tertiary alicyclic amines) is 1. The lowest BCUT2D eigenvalue weighted by molar-refractivity contribution is -0.130. The summed E-state index contributed by atoms with van der Waals surface area (Å²) in [4.78, 5) is 37.5. The van der Waals surface area contributed by atoms with Gasteiger partial charge in [0.05, 0.1) is 40.3 Å². The number of nitrogens with one attached hydrogen (secondary N) is 3. The summed E-state index contributed by atoms with van der Waals surface area (Å²) in [5.41, 5.74) is 2.49. The van der Waals surface area contributed by atoms with Crippen molar-refractivity contribution in [2.75, 3.05) is 25.0 Å². The van der Waals surface area contributed by atoms with Crippen LogP contribution >= 0.6 is 11.6 Å². The maximum Gasteiger partial charge on any atom is 0.332 e. The summed E-state index contributed by atoms with van der Waals surface area (Å²) in [6.45, 7) is 1.48. The Hall–Kier alpha value is -3.59. The number of fused-ring (bicyclic) bond motifs is 1. The summed E-state index contributed by atoms with van der Waals surface area (Å²) in [6, 6.07) is 9.69. The van der Waals surface area contributed by atoms with Crippen LogP contribution in [0.15, 0.2) is 47.5 Å². The molecule has 0 unspecified atom stereocenters. The molecule has 3 heterocycles. The fourth-order valence-electron chi connectivity index (χ4n) is 4.21. The third-order valence-electron chi connectivity index (χ3n) is 5.88. The fraction of sp³-hybridized carbons (Fsp3) is 0.261. The number of hydrogen-bond donors (Lipinski definition) is 3. The Labute approximate surface area is 193 Å². The third kappa shape index (κ3) is 4.11. The Morgan fingerprint density at radius 2 is 1.97 bits per heavy atom. The van der Waals surface area contributed by atoms with Gasteiger partial charge >= 0.3 is 5.69 Å². The number of anilines is 1. The van der Waals surface area contributed by atoms with Gasteiger partial charge in [-0.2, -0.15) is 0 Å².